The minimum atomic E-state index is -3.55. The highest BCUT2D eigenvalue weighted by molar-refractivity contribution is 7.89. The zero-order chi connectivity index (χ0) is 21.6. The van der Waals surface area contributed by atoms with Crippen molar-refractivity contribution in [2.24, 2.45) is 0 Å². The Morgan fingerprint density at radius 3 is 2.47 bits per heavy atom. The zero-order valence-electron chi connectivity index (χ0n) is 17.5. The molecule has 160 valence electrons. The molecule has 0 radical (unpaired) electrons. The summed E-state index contributed by atoms with van der Waals surface area (Å²) in [6.07, 6.45) is 0. The average Bonchev–Trinajstić information content (AvgIpc) is 3.10. The minimum absolute atomic E-state index is 0.274. The maximum Gasteiger partial charge on any atom is 0.298 e. The van der Waals surface area contributed by atoms with Gasteiger partial charge in [-0.1, -0.05) is 17.3 Å². The van der Waals surface area contributed by atoms with E-state index in [9.17, 15) is 13.2 Å². The molecular weight excluding hydrogens is 406 g/mol. The van der Waals surface area contributed by atoms with Crippen molar-refractivity contribution in [1.82, 2.24) is 24.1 Å². The van der Waals surface area contributed by atoms with Gasteiger partial charge in [-0.2, -0.15) is 9.40 Å². The molecule has 1 aromatic carbocycles. The maximum atomic E-state index is 13.1. The van der Waals surface area contributed by atoms with Gasteiger partial charge in [-0.15, -0.1) is 0 Å². The van der Waals surface area contributed by atoms with Crippen LogP contribution in [0.5, 0.6) is 0 Å². The second-order valence-electron chi connectivity index (χ2n) is 7.78. The van der Waals surface area contributed by atoms with Crippen molar-refractivity contribution < 1.29 is 12.9 Å². The molecule has 0 saturated carbocycles. The molecule has 2 aromatic heterocycles. The highest BCUT2D eigenvalue weighted by Gasteiger charge is 2.30. The van der Waals surface area contributed by atoms with Gasteiger partial charge in [0.25, 0.3) is 5.56 Å². The molecule has 1 aliphatic rings. The zero-order valence-corrected chi connectivity index (χ0v) is 18.4. The molecule has 1 aliphatic heterocycles. The Morgan fingerprint density at radius 1 is 1.07 bits per heavy atom. The fraction of sp³-hybridized carbons (Fsp3) is 0.450. The number of aryl methyl sites for hydroxylation is 4. The summed E-state index contributed by atoms with van der Waals surface area (Å²) in [6, 6.07) is 5.46. The van der Waals surface area contributed by atoms with Crippen LogP contribution in [0.1, 0.15) is 22.6 Å². The van der Waals surface area contributed by atoms with Crippen molar-refractivity contribution in [3.8, 4) is 0 Å². The van der Waals surface area contributed by atoms with Crippen molar-refractivity contribution in [3.63, 3.8) is 0 Å². The first-order chi connectivity index (χ1) is 14.2. The molecule has 0 amide bonds. The quantitative estimate of drug-likeness (QED) is 0.618. The molecule has 3 heterocycles. The van der Waals surface area contributed by atoms with Crippen LogP contribution in [0, 0.1) is 27.7 Å². The van der Waals surface area contributed by atoms with Crippen molar-refractivity contribution in [1.29, 1.82) is 0 Å². The largest absolute Gasteiger partial charge is 0.360 e. The number of benzene rings is 1. The lowest BCUT2D eigenvalue weighted by molar-refractivity contribution is 0.143. The van der Waals surface area contributed by atoms with Gasteiger partial charge in [0, 0.05) is 26.2 Å². The summed E-state index contributed by atoms with van der Waals surface area (Å²) in [4.78, 5) is 15.1. The highest BCUT2D eigenvalue weighted by atomic mass is 32.2. The molecule has 0 spiro atoms. The van der Waals surface area contributed by atoms with Gasteiger partial charge < -0.3 is 4.52 Å². The van der Waals surface area contributed by atoms with Gasteiger partial charge in [0.2, 0.25) is 10.0 Å². The van der Waals surface area contributed by atoms with E-state index in [1.165, 1.54) is 8.99 Å². The summed E-state index contributed by atoms with van der Waals surface area (Å²) >= 11 is 0. The summed E-state index contributed by atoms with van der Waals surface area (Å²) in [6.45, 7) is 9.27. The Labute approximate surface area is 174 Å². The van der Waals surface area contributed by atoms with Crippen LogP contribution in [0.25, 0.3) is 10.9 Å². The number of aromatic nitrogens is 3. The van der Waals surface area contributed by atoms with E-state index in [0.717, 1.165) is 11.1 Å². The number of hydrogen-bond acceptors (Lipinski definition) is 7. The summed E-state index contributed by atoms with van der Waals surface area (Å²) in [7, 11) is -3.55. The van der Waals surface area contributed by atoms with Gasteiger partial charge in [-0.25, -0.2) is 13.1 Å². The number of piperazine rings is 1. The van der Waals surface area contributed by atoms with E-state index >= 15 is 0 Å². The maximum absolute atomic E-state index is 13.1. The molecular formula is C20H25N5O4S. The Hall–Kier alpha value is -2.56. The van der Waals surface area contributed by atoms with E-state index in [0.29, 0.717) is 47.9 Å². The monoisotopic (exact) mass is 431 g/mol. The Morgan fingerprint density at radius 2 is 1.77 bits per heavy atom. The first-order valence-corrected chi connectivity index (χ1v) is 11.3. The molecule has 30 heavy (non-hydrogen) atoms. The summed E-state index contributed by atoms with van der Waals surface area (Å²) in [5.41, 5.74) is 2.30. The van der Waals surface area contributed by atoms with E-state index < -0.39 is 10.0 Å². The summed E-state index contributed by atoms with van der Waals surface area (Å²) < 4.78 is 34.2. The SMILES string of the molecule is Cc1ccc(C)c(S(=O)(=O)N2CCN(Cn3nc(C)c4c(C)onc4c3=O)CC2)c1. The number of rotatable bonds is 4. The van der Waals surface area contributed by atoms with Crippen LogP contribution in [0.4, 0.5) is 0 Å². The average molecular weight is 432 g/mol. The van der Waals surface area contributed by atoms with Crippen LogP contribution < -0.4 is 5.56 Å². The summed E-state index contributed by atoms with van der Waals surface area (Å²) in [5, 5.41) is 8.92. The third-order valence-electron chi connectivity index (χ3n) is 5.56. The molecule has 0 atom stereocenters. The van der Waals surface area contributed by atoms with E-state index in [2.05, 4.69) is 10.3 Å². The highest BCUT2D eigenvalue weighted by Crippen LogP contribution is 2.22. The van der Waals surface area contributed by atoms with Gasteiger partial charge in [0.05, 0.1) is 22.6 Å². The minimum Gasteiger partial charge on any atom is -0.360 e. The first kappa shape index (κ1) is 20.7. The van der Waals surface area contributed by atoms with E-state index in [-0.39, 0.29) is 17.7 Å². The van der Waals surface area contributed by atoms with Crippen LogP contribution in [0.2, 0.25) is 0 Å². The van der Waals surface area contributed by atoms with Crippen LogP contribution in [0.15, 0.2) is 32.4 Å². The van der Waals surface area contributed by atoms with Crippen LogP contribution in [0.3, 0.4) is 0 Å². The third kappa shape index (κ3) is 3.55. The molecule has 0 bridgehead atoms. The van der Waals surface area contributed by atoms with Gasteiger partial charge in [0.15, 0.2) is 5.52 Å². The second kappa shape index (κ2) is 7.60. The molecule has 0 unspecified atom stereocenters. The Bertz CT molecular complexity index is 1270. The lowest BCUT2D eigenvalue weighted by Gasteiger charge is -2.34. The van der Waals surface area contributed by atoms with Gasteiger partial charge in [-0.05, 0) is 44.9 Å². The smallest absolute Gasteiger partial charge is 0.298 e. The number of hydrogen-bond donors (Lipinski definition) is 0. The first-order valence-electron chi connectivity index (χ1n) is 9.82. The van der Waals surface area contributed by atoms with Crippen molar-refractivity contribution in [2.45, 2.75) is 39.3 Å². The van der Waals surface area contributed by atoms with Gasteiger partial charge >= 0.3 is 0 Å². The lowest BCUT2D eigenvalue weighted by atomic mass is 10.2. The molecule has 3 aromatic rings. The third-order valence-corrected chi connectivity index (χ3v) is 7.60. The van der Waals surface area contributed by atoms with E-state index in [1.54, 1.807) is 13.0 Å². The number of nitrogens with zero attached hydrogens (tertiary/aromatic N) is 5. The number of fused-ring (bicyclic) bond motifs is 1. The van der Waals surface area contributed by atoms with Crippen molar-refractivity contribution >= 4 is 20.9 Å². The molecule has 1 saturated heterocycles. The Kier molecular flexibility index (Phi) is 5.25. The van der Waals surface area contributed by atoms with Crippen LogP contribution in [-0.4, -0.2) is 58.7 Å². The molecule has 10 heteroatoms. The molecule has 0 aliphatic carbocycles. The van der Waals surface area contributed by atoms with Gasteiger partial charge in [-0.3, -0.25) is 9.69 Å². The predicted octanol–water partition coefficient (Wildman–Crippen LogP) is 1.58. The molecule has 4 rings (SSSR count). The topological polar surface area (TPSA) is 102 Å². The van der Waals surface area contributed by atoms with Crippen molar-refractivity contribution in [2.75, 3.05) is 26.2 Å². The molecule has 9 nitrogen and oxygen atoms in total. The van der Waals surface area contributed by atoms with E-state index in [1.807, 2.05) is 37.8 Å². The molecule has 0 N–H and O–H groups in total. The molecule has 1 fully saturated rings. The predicted molar refractivity (Wildman–Crippen MR) is 112 cm³/mol. The Balaban J connectivity index is 1.50. The van der Waals surface area contributed by atoms with Crippen LogP contribution >= 0.6 is 0 Å². The normalized spacial score (nSPS) is 16.4. The lowest BCUT2D eigenvalue weighted by Crippen LogP contribution is -2.50. The summed E-state index contributed by atoms with van der Waals surface area (Å²) in [5.74, 6) is 0.574. The second-order valence-corrected chi connectivity index (χ2v) is 9.69. The standard InChI is InChI=1S/C20H25N5O4S/c1-13-5-6-14(2)17(11-13)30(27,28)24-9-7-23(8-10-24)12-25-20(26)19-18(15(3)21-25)16(4)29-22-19/h5-6,11H,7-10,12H2,1-4H3. The number of sulfonamides is 1. The van der Waals surface area contributed by atoms with E-state index in [4.69, 9.17) is 4.52 Å². The van der Waals surface area contributed by atoms with Gasteiger partial charge in [0.1, 0.15) is 5.76 Å². The fourth-order valence-electron chi connectivity index (χ4n) is 3.86. The fourth-order valence-corrected chi connectivity index (χ4v) is 5.60. The van der Waals surface area contributed by atoms with Crippen molar-refractivity contribution in [3.05, 3.63) is 51.1 Å². The van der Waals surface area contributed by atoms with Crippen LogP contribution in [-0.2, 0) is 16.7 Å².